The largest absolute Gasteiger partial charge is 0.354 e. The molecule has 1 fully saturated rings. The van der Waals surface area contributed by atoms with Crippen molar-refractivity contribution >= 4 is 44.9 Å². The summed E-state index contributed by atoms with van der Waals surface area (Å²) >= 11 is 1.63. The van der Waals surface area contributed by atoms with Crippen LogP contribution in [-0.4, -0.2) is 52.1 Å². The topological polar surface area (TPSA) is 75.4 Å². The van der Waals surface area contributed by atoms with Crippen LogP contribution in [0.4, 0.5) is 5.82 Å². The van der Waals surface area contributed by atoms with Crippen LogP contribution >= 0.6 is 11.3 Å². The number of hydrogen-bond donors (Lipinski definition) is 0. The van der Waals surface area contributed by atoms with E-state index in [1.807, 2.05) is 34.5 Å². The Morgan fingerprint density at radius 2 is 1.76 bits per heavy atom. The van der Waals surface area contributed by atoms with Gasteiger partial charge >= 0.3 is 0 Å². The summed E-state index contributed by atoms with van der Waals surface area (Å²) in [5, 5.41) is 9.68. The molecule has 1 aliphatic heterocycles. The molecule has 0 spiro atoms. The molecule has 1 aliphatic rings. The number of aromatic nitrogens is 3. The van der Waals surface area contributed by atoms with Gasteiger partial charge in [0.2, 0.25) is 5.91 Å². The smallest absolute Gasteiger partial charge is 0.263 e. The first kappa shape index (κ1) is 26.3. The maximum Gasteiger partial charge on any atom is 0.263 e. The molecule has 210 valence electrons. The average Bonchev–Trinajstić information content (AvgIpc) is 3.61. The number of aryl methyl sites for hydroxylation is 1. The van der Waals surface area contributed by atoms with Gasteiger partial charge in [0, 0.05) is 43.0 Å². The van der Waals surface area contributed by atoms with Crippen LogP contribution in [-0.2, 0) is 17.6 Å². The van der Waals surface area contributed by atoms with Gasteiger partial charge < -0.3 is 14.3 Å². The van der Waals surface area contributed by atoms with Crippen LogP contribution in [0.1, 0.15) is 28.2 Å². The lowest BCUT2D eigenvalue weighted by Gasteiger charge is -2.24. The second-order valence-electron chi connectivity index (χ2n) is 10.9. The van der Waals surface area contributed by atoms with E-state index in [1.165, 1.54) is 10.9 Å². The molecule has 0 radical (unpaired) electrons. The summed E-state index contributed by atoms with van der Waals surface area (Å²) in [5.74, 6) is 1.69. The molecule has 7 nitrogen and oxygen atoms in total. The van der Waals surface area contributed by atoms with Crippen molar-refractivity contribution in [2.24, 2.45) is 0 Å². The Morgan fingerprint density at radius 1 is 0.905 bits per heavy atom. The molecule has 6 aromatic rings. The summed E-state index contributed by atoms with van der Waals surface area (Å²) in [6, 6.07) is 27.1. The molecule has 0 bridgehead atoms. The molecule has 1 amide bonds. The van der Waals surface area contributed by atoms with Crippen molar-refractivity contribution in [3.8, 4) is 11.3 Å². The van der Waals surface area contributed by atoms with Crippen molar-refractivity contribution < 1.29 is 9.32 Å². The van der Waals surface area contributed by atoms with Gasteiger partial charge in [-0.2, -0.15) is 4.98 Å². The van der Waals surface area contributed by atoms with E-state index in [0.29, 0.717) is 37.5 Å². The molecular weight excluding hydrogens is 542 g/mol. The van der Waals surface area contributed by atoms with Crippen LogP contribution in [0, 0.1) is 6.92 Å². The van der Waals surface area contributed by atoms with Gasteiger partial charge in [-0.15, -0.1) is 11.3 Å². The molecule has 3 aromatic heterocycles. The molecule has 0 atom stereocenters. The highest BCUT2D eigenvalue weighted by molar-refractivity contribution is 7.10. The fourth-order valence-corrected chi connectivity index (χ4v) is 6.36. The van der Waals surface area contributed by atoms with Gasteiger partial charge in [0.05, 0.1) is 6.42 Å². The third-order valence-electron chi connectivity index (χ3n) is 7.92. The summed E-state index contributed by atoms with van der Waals surface area (Å²) in [7, 11) is 0. The van der Waals surface area contributed by atoms with E-state index in [4.69, 9.17) is 14.5 Å². The number of nitrogens with zero attached hydrogens (tertiary/aromatic N) is 5. The summed E-state index contributed by atoms with van der Waals surface area (Å²) in [6.45, 7) is 4.91. The molecule has 0 saturated carbocycles. The van der Waals surface area contributed by atoms with E-state index in [2.05, 4.69) is 71.6 Å². The van der Waals surface area contributed by atoms with Crippen LogP contribution in [0.25, 0.3) is 33.1 Å². The molecule has 1 saturated heterocycles. The minimum absolute atomic E-state index is 0.175. The van der Waals surface area contributed by atoms with Gasteiger partial charge in [0.1, 0.15) is 22.7 Å². The minimum atomic E-state index is 0.175. The number of carbonyl (C=O) groups excluding carboxylic acids is 1. The molecule has 0 unspecified atom stereocenters. The number of amides is 1. The van der Waals surface area contributed by atoms with Crippen molar-refractivity contribution in [2.75, 3.05) is 31.1 Å². The predicted molar refractivity (Wildman–Crippen MR) is 168 cm³/mol. The van der Waals surface area contributed by atoms with Crippen molar-refractivity contribution in [1.29, 1.82) is 0 Å². The van der Waals surface area contributed by atoms with Crippen LogP contribution in [0.5, 0.6) is 0 Å². The number of fused-ring (bicyclic) bond motifs is 2. The Balaban J connectivity index is 1.26. The monoisotopic (exact) mass is 573 g/mol. The van der Waals surface area contributed by atoms with Gasteiger partial charge in [-0.1, -0.05) is 77.5 Å². The molecule has 3 aromatic carbocycles. The van der Waals surface area contributed by atoms with E-state index in [9.17, 15) is 4.79 Å². The van der Waals surface area contributed by atoms with Crippen LogP contribution in [0.15, 0.2) is 88.8 Å². The molecular formula is C34H31N5O2S. The summed E-state index contributed by atoms with van der Waals surface area (Å²) in [6.07, 6.45) is 1.90. The Labute approximate surface area is 248 Å². The maximum absolute atomic E-state index is 13.1. The van der Waals surface area contributed by atoms with E-state index in [1.54, 1.807) is 11.3 Å². The first-order valence-electron chi connectivity index (χ1n) is 14.4. The highest BCUT2D eigenvalue weighted by Crippen LogP contribution is 2.35. The SMILES string of the molecule is Cc1ccc(Cc2nc(N3CCCN(C(=O)Cc4cccs4)CC3)c3c(-c4ccc5ccccc5c4)noc3n2)cc1. The van der Waals surface area contributed by atoms with Crippen LogP contribution < -0.4 is 4.90 Å². The van der Waals surface area contributed by atoms with Crippen molar-refractivity contribution in [3.63, 3.8) is 0 Å². The second-order valence-corrected chi connectivity index (χ2v) is 11.9. The first-order chi connectivity index (χ1) is 20.6. The molecule has 8 heteroatoms. The lowest BCUT2D eigenvalue weighted by molar-refractivity contribution is -0.130. The van der Waals surface area contributed by atoms with Gasteiger partial charge in [0.15, 0.2) is 0 Å². The quantitative estimate of drug-likeness (QED) is 0.221. The van der Waals surface area contributed by atoms with Crippen molar-refractivity contribution in [2.45, 2.75) is 26.2 Å². The number of rotatable bonds is 6. The highest BCUT2D eigenvalue weighted by Gasteiger charge is 2.26. The number of hydrogen-bond acceptors (Lipinski definition) is 7. The predicted octanol–water partition coefficient (Wildman–Crippen LogP) is 6.68. The van der Waals surface area contributed by atoms with Crippen molar-refractivity contribution in [1.82, 2.24) is 20.0 Å². The second kappa shape index (κ2) is 11.4. The summed E-state index contributed by atoms with van der Waals surface area (Å²) in [4.78, 5) is 28.5. The first-order valence-corrected chi connectivity index (χ1v) is 15.2. The van der Waals surface area contributed by atoms with E-state index in [-0.39, 0.29) is 5.91 Å². The number of anilines is 1. The Morgan fingerprint density at radius 3 is 2.60 bits per heavy atom. The zero-order valence-electron chi connectivity index (χ0n) is 23.5. The van der Waals surface area contributed by atoms with E-state index >= 15 is 0 Å². The summed E-state index contributed by atoms with van der Waals surface area (Å²) in [5.41, 5.74) is 4.55. The standard InChI is InChI=1S/C34H31N5O2S/c1-23-9-11-24(12-10-23)20-29-35-33(39-16-5-15-38(17-18-39)30(40)22-28-8-4-19-42-28)31-32(37-41-34(31)36-29)27-14-13-25-6-2-3-7-26(25)21-27/h2-4,6-14,19,21H,5,15-18,20,22H2,1H3. The van der Waals surface area contributed by atoms with Gasteiger partial charge in [-0.25, -0.2) is 4.98 Å². The lowest BCUT2D eigenvalue weighted by atomic mass is 10.0. The fourth-order valence-electron chi connectivity index (χ4n) is 5.66. The number of thiophene rings is 1. The van der Waals surface area contributed by atoms with Crippen LogP contribution in [0.2, 0.25) is 0 Å². The fraction of sp³-hybridized carbons (Fsp3) is 0.235. The van der Waals surface area contributed by atoms with E-state index in [0.717, 1.165) is 57.8 Å². The average molecular weight is 574 g/mol. The van der Waals surface area contributed by atoms with Crippen molar-refractivity contribution in [3.05, 3.63) is 106 Å². The maximum atomic E-state index is 13.1. The number of benzene rings is 3. The van der Waals surface area contributed by atoms with Crippen LogP contribution in [0.3, 0.4) is 0 Å². The highest BCUT2D eigenvalue weighted by atomic mass is 32.1. The molecule has 0 aliphatic carbocycles. The molecule has 7 rings (SSSR count). The Bertz CT molecular complexity index is 1860. The van der Waals surface area contributed by atoms with Gasteiger partial charge in [-0.05, 0) is 47.2 Å². The van der Waals surface area contributed by atoms with Gasteiger partial charge in [0.25, 0.3) is 5.71 Å². The Kier molecular flexibility index (Phi) is 7.13. The minimum Gasteiger partial charge on any atom is -0.354 e. The third-order valence-corrected chi connectivity index (χ3v) is 8.80. The van der Waals surface area contributed by atoms with E-state index < -0.39 is 0 Å². The zero-order chi connectivity index (χ0) is 28.5. The normalized spacial score (nSPS) is 14.0. The third kappa shape index (κ3) is 5.37. The zero-order valence-corrected chi connectivity index (χ0v) is 24.3. The van der Waals surface area contributed by atoms with Gasteiger partial charge in [-0.3, -0.25) is 4.79 Å². The molecule has 42 heavy (non-hydrogen) atoms. The lowest BCUT2D eigenvalue weighted by Crippen LogP contribution is -2.36. The Hall–Kier alpha value is -4.56. The summed E-state index contributed by atoms with van der Waals surface area (Å²) < 4.78 is 5.90. The molecule has 4 heterocycles. The number of carbonyl (C=O) groups is 1. The molecule has 0 N–H and O–H groups in total.